The Hall–Kier alpha value is -1.02. The quantitative estimate of drug-likeness (QED) is 0.863. The number of halogens is 3. The molecule has 2 rings (SSSR count). The van der Waals surface area contributed by atoms with Crippen molar-refractivity contribution in [3.8, 4) is 0 Å². The summed E-state index contributed by atoms with van der Waals surface area (Å²) >= 11 is 2.64. The van der Waals surface area contributed by atoms with Gasteiger partial charge < -0.3 is 4.98 Å². The van der Waals surface area contributed by atoms with Gasteiger partial charge in [0.1, 0.15) is 16.1 Å². The molecule has 0 amide bonds. The second-order valence-electron chi connectivity index (χ2n) is 4.53. The molecular weight excluding hydrogens is 297 g/mol. The summed E-state index contributed by atoms with van der Waals surface area (Å²) in [6.07, 6.45) is -2.64. The van der Waals surface area contributed by atoms with Crippen molar-refractivity contribution < 1.29 is 13.2 Å². The van der Waals surface area contributed by atoms with Gasteiger partial charge in [0.2, 0.25) is 0 Å². The summed E-state index contributed by atoms with van der Waals surface area (Å²) in [5, 5.41) is 0.330. The molecular formula is C11H11F3N2OS2. The average molecular weight is 308 g/mol. The van der Waals surface area contributed by atoms with Crippen LogP contribution in [0.5, 0.6) is 0 Å². The summed E-state index contributed by atoms with van der Waals surface area (Å²) in [6.45, 7) is 2.00. The van der Waals surface area contributed by atoms with Crippen LogP contribution >= 0.6 is 23.1 Å². The first kappa shape index (κ1) is 14.4. The van der Waals surface area contributed by atoms with Crippen LogP contribution in [-0.2, 0) is 5.41 Å². The Labute approximate surface area is 115 Å². The van der Waals surface area contributed by atoms with Gasteiger partial charge in [-0.3, -0.25) is 4.79 Å². The van der Waals surface area contributed by atoms with Gasteiger partial charge >= 0.3 is 6.18 Å². The molecule has 0 atom stereocenters. The van der Waals surface area contributed by atoms with E-state index in [4.69, 9.17) is 0 Å². The van der Waals surface area contributed by atoms with E-state index in [1.165, 1.54) is 23.1 Å². The lowest BCUT2D eigenvalue weighted by atomic mass is 9.91. The third kappa shape index (κ3) is 2.38. The van der Waals surface area contributed by atoms with Crippen LogP contribution in [0.2, 0.25) is 0 Å². The standard InChI is InChI=1S/C11H11F3N2OS2/c1-10(2,11(12,13)14)9-15-7(17)5-4-6(18-3)19-8(5)16-9/h4H,1-3H3,(H,15,16,17). The first-order valence-electron chi connectivity index (χ1n) is 5.32. The van der Waals surface area contributed by atoms with E-state index < -0.39 is 17.2 Å². The maximum atomic E-state index is 13.0. The number of aromatic nitrogens is 2. The molecule has 2 aromatic heterocycles. The third-order valence-electron chi connectivity index (χ3n) is 2.88. The molecule has 0 aromatic carbocycles. The highest BCUT2D eigenvalue weighted by molar-refractivity contribution is 8.00. The molecule has 0 bridgehead atoms. The summed E-state index contributed by atoms with van der Waals surface area (Å²) in [4.78, 5) is 18.4. The topological polar surface area (TPSA) is 45.8 Å². The number of H-pyrrole nitrogens is 1. The van der Waals surface area contributed by atoms with E-state index >= 15 is 0 Å². The normalized spacial score (nSPS) is 13.2. The van der Waals surface area contributed by atoms with Crippen molar-refractivity contribution >= 4 is 33.3 Å². The van der Waals surface area contributed by atoms with Crippen LogP contribution in [0.15, 0.2) is 15.1 Å². The molecule has 3 nitrogen and oxygen atoms in total. The van der Waals surface area contributed by atoms with Crippen LogP contribution in [-0.4, -0.2) is 22.4 Å². The van der Waals surface area contributed by atoms with Gasteiger partial charge in [0, 0.05) is 0 Å². The molecule has 0 saturated heterocycles. The van der Waals surface area contributed by atoms with E-state index in [1.54, 1.807) is 6.07 Å². The van der Waals surface area contributed by atoms with E-state index in [9.17, 15) is 18.0 Å². The number of rotatable bonds is 2. The van der Waals surface area contributed by atoms with Crippen LogP contribution in [0, 0.1) is 0 Å². The van der Waals surface area contributed by atoms with Gasteiger partial charge in [-0.2, -0.15) is 13.2 Å². The molecule has 8 heteroatoms. The Bertz CT molecular complexity index is 673. The molecule has 0 saturated carbocycles. The van der Waals surface area contributed by atoms with Gasteiger partial charge in [-0.25, -0.2) is 4.98 Å². The summed E-state index contributed by atoms with van der Waals surface area (Å²) in [6, 6.07) is 1.64. The molecule has 1 N–H and O–H groups in total. The van der Waals surface area contributed by atoms with Crippen LogP contribution in [0.3, 0.4) is 0 Å². The summed E-state index contributed by atoms with van der Waals surface area (Å²) in [7, 11) is 0. The number of aromatic amines is 1. The Morgan fingerprint density at radius 2 is 2.00 bits per heavy atom. The molecule has 0 radical (unpaired) electrons. The summed E-state index contributed by atoms with van der Waals surface area (Å²) in [5.74, 6) is -0.355. The van der Waals surface area contributed by atoms with Crippen LogP contribution < -0.4 is 5.56 Å². The van der Waals surface area contributed by atoms with Gasteiger partial charge in [0.05, 0.1) is 9.60 Å². The van der Waals surface area contributed by atoms with Gasteiger partial charge in [-0.1, -0.05) is 0 Å². The minimum atomic E-state index is -4.48. The summed E-state index contributed by atoms with van der Waals surface area (Å²) in [5.41, 5.74) is -2.72. The zero-order chi connectivity index (χ0) is 14.4. The average Bonchev–Trinajstić information content (AvgIpc) is 2.71. The predicted molar refractivity (Wildman–Crippen MR) is 71.1 cm³/mol. The molecule has 2 aromatic rings. The van der Waals surface area contributed by atoms with Crippen molar-refractivity contribution in [2.24, 2.45) is 0 Å². The Kier molecular flexibility index (Phi) is 3.42. The molecule has 0 unspecified atom stereocenters. The lowest BCUT2D eigenvalue weighted by molar-refractivity contribution is -0.182. The van der Waals surface area contributed by atoms with Gasteiger partial charge in [-0.05, 0) is 26.2 Å². The Morgan fingerprint density at radius 3 is 2.53 bits per heavy atom. The number of nitrogens with one attached hydrogen (secondary N) is 1. The highest BCUT2D eigenvalue weighted by Crippen LogP contribution is 2.39. The van der Waals surface area contributed by atoms with E-state index in [2.05, 4.69) is 9.97 Å². The van der Waals surface area contributed by atoms with E-state index in [0.29, 0.717) is 10.2 Å². The van der Waals surface area contributed by atoms with Crippen molar-refractivity contribution in [1.82, 2.24) is 9.97 Å². The highest BCUT2D eigenvalue weighted by atomic mass is 32.2. The number of thioether (sulfide) groups is 1. The van der Waals surface area contributed by atoms with Crippen LogP contribution in [0.25, 0.3) is 10.2 Å². The van der Waals surface area contributed by atoms with E-state index in [-0.39, 0.29) is 5.82 Å². The fourth-order valence-corrected chi connectivity index (χ4v) is 3.01. The van der Waals surface area contributed by atoms with E-state index in [0.717, 1.165) is 18.1 Å². The fraction of sp³-hybridized carbons (Fsp3) is 0.455. The lowest BCUT2D eigenvalue weighted by Crippen LogP contribution is -2.39. The minimum Gasteiger partial charge on any atom is -0.309 e. The molecule has 0 aliphatic rings. The second kappa shape index (κ2) is 4.52. The number of hydrogen-bond acceptors (Lipinski definition) is 4. The molecule has 2 heterocycles. The smallest absolute Gasteiger partial charge is 0.309 e. The zero-order valence-electron chi connectivity index (χ0n) is 10.4. The minimum absolute atomic E-state index is 0.330. The van der Waals surface area contributed by atoms with Crippen LogP contribution in [0.1, 0.15) is 19.7 Å². The highest BCUT2D eigenvalue weighted by Gasteiger charge is 2.50. The van der Waals surface area contributed by atoms with Crippen LogP contribution in [0.4, 0.5) is 13.2 Å². The van der Waals surface area contributed by atoms with Crippen molar-refractivity contribution in [3.63, 3.8) is 0 Å². The molecule has 0 aliphatic heterocycles. The largest absolute Gasteiger partial charge is 0.400 e. The van der Waals surface area contributed by atoms with Crippen molar-refractivity contribution in [2.75, 3.05) is 6.26 Å². The first-order chi connectivity index (χ1) is 8.66. The Morgan fingerprint density at radius 1 is 1.37 bits per heavy atom. The maximum Gasteiger partial charge on any atom is 0.400 e. The summed E-state index contributed by atoms with van der Waals surface area (Å²) < 4.78 is 39.7. The monoisotopic (exact) mass is 308 g/mol. The number of alkyl halides is 3. The third-order valence-corrected chi connectivity index (χ3v) is 4.98. The second-order valence-corrected chi connectivity index (χ2v) is 6.66. The van der Waals surface area contributed by atoms with Crippen molar-refractivity contribution in [2.45, 2.75) is 29.6 Å². The molecule has 0 fully saturated rings. The number of fused-ring (bicyclic) bond motifs is 1. The number of thiophene rings is 1. The Balaban J connectivity index is 2.67. The van der Waals surface area contributed by atoms with Crippen molar-refractivity contribution in [3.05, 3.63) is 22.2 Å². The molecule has 0 aliphatic carbocycles. The number of nitrogens with zero attached hydrogens (tertiary/aromatic N) is 1. The van der Waals surface area contributed by atoms with Crippen molar-refractivity contribution in [1.29, 1.82) is 0 Å². The van der Waals surface area contributed by atoms with Gasteiger partial charge in [0.15, 0.2) is 0 Å². The molecule has 19 heavy (non-hydrogen) atoms. The molecule has 104 valence electrons. The first-order valence-corrected chi connectivity index (χ1v) is 7.36. The molecule has 0 spiro atoms. The fourth-order valence-electron chi connectivity index (χ4n) is 1.44. The lowest BCUT2D eigenvalue weighted by Gasteiger charge is -2.26. The SMILES string of the molecule is CSc1cc2c(=O)[nH]c(C(C)(C)C(F)(F)F)nc2s1. The zero-order valence-corrected chi connectivity index (χ0v) is 12.0. The predicted octanol–water partition coefficient (Wildman–Crippen LogP) is 3.55. The van der Waals surface area contributed by atoms with Gasteiger partial charge in [0.25, 0.3) is 5.56 Å². The number of hydrogen-bond donors (Lipinski definition) is 1. The maximum absolute atomic E-state index is 13.0. The van der Waals surface area contributed by atoms with E-state index in [1.807, 2.05) is 6.26 Å². The van der Waals surface area contributed by atoms with Gasteiger partial charge in [-0.15, -0.1) is 23.1 Å².